The molecule has 2 heterocycles. The number of hydrogen-bond acceptors (Lipinski definition) is 6. The van der Waals surface area contributed by atoms with Crippen molar-refractivity contribution in [3.63, 3.8) is 0 Å². The highest BCUT2D eigenvalue weighted by molar-refractivity contribution is 8.25. The molecule has 0 atom stereocenters. The molecular formula is C34H38N2O4S2. The van der Waals surface area contributed by atoms with Gasteiger partial charge >= 0.3 is 0 Å². The first-order chi connectivity index (χ1) is 20.4. The summed E-state index contributed by atoms with van der Waals surface area (Å²) < 4.78 is 13.4. The Hall–Kier alpha value is -3.36. The molecule has 2 aliphatic heterocycles. The van der Waals surface area contributed by atoms with E-state index in [-0.39, 0.29) is 17.4 Å². The van der Waals surface area contributed by atoms with Crippen LogP contribution in [0.5, 0.6) is 11.5 Å². The molecule has 0 N–H and O–H groups in total. The van der Waals surface area contributed by atoms with Crippen LogP contribution in [0.4, 0.5) is 0 Å². The third-order valence-corrected chi connectivity index (χ3v) is 10.1. The Labute approximate surface area is 257 Å². The minimum atomic E-state index is -0.280. The van der Waals surface area contributed by atoms with Gasteiger partial charge in [-0.15, -0.1) is 0 Å². The lowest BCUT2D eigenvalue weighted by molar-refractivity contribution is -0.149. The SMILES string of the molecule is CCCCOc1c(C)c(C)c(OCCCC)c2c1SC(=C1C(=O)N(Cc3ccccc3)N(Cc3ccccc3)C1=O)S2. The van der Waals surface area contributed by atoms with Gasteiger partial charge in [-0.25, -0.2) is 10.0 Å². The van der Waals surface area contributed by atoms with E-state index in [9.17, 15) is 9.59 Å². The number of fused-ring (bicyclic) bond motifs is 1. The first-order valence-corrected chi connectivity index (χ1v) is 16.3. The fraction of sp³-hybridized carbons (Fsp3) is 0.353. The number of thioether (sulfide) groups is 2. The largest absolute Gasteiger partial charge is 0.492 e. The van der Waals surface area contributed by atoms with Crippen molar-refractivity contribution >= 4 is 35.3 Å². The number of unbranched alkanes of at least 4 members (excludes halogenated alkanes) is 2. The topological polar surface area (TPSA) is 59.1 Å². The molecule has 6 nitrogen and oxygen atoms in total. The van der Waals surface area contributed by atoms with Crippen LogP contribution in [0.15, 0.2) is 80.3 Å². The number of benzene rings is 3. The van der Waals surface area contributed by atoms with Crippen LogP contribution in [0.3, 0.4) is 0 Å². The normalized spacial score (nSPS) is 14.7. The van der Waals surface area contributed by atoms with Crippen LogP contribution in [0.2, 0.25) is 0 Å². The molecule has 0 spiro atoms. The van der Waals surface area contributed by atoms with Gasteiger partial charge in [0, 0.05) is 0 Å². The third kappa shape index (κ3) is 6.20. The summed E-state index contributed by atoms with van der Waals surface area (Å²) in [5, 5.41) is 3.18. The zero-order valence-electron chi connectivity index (χ0n) is 24.8. The Bertz CT molecular complexity index is 1370. The highest BCUT2D eigenvalue weighted by atomic mass is 32.2. The molecule has 5 rings (SSSR count). The summed E-state index contributed by atoms with van der Waals surface area (Å²) in [6.07, 6.45) is 3.97. The van der Waals surface area contributed by atoms with Gasteiger partial charge in [0.05, 0.1) is 40.3 Å². The number of amides is 2. The van der Waals surface area contributed by atoms with Crippen LogP contribution >= 0.6 is 23.5 Å². The quantitative estimate of drug-likeness (QED) is 0.119. The Kier molecular flexibility index (Phi) is 9.85. The second kappa shape index (κ2) is 13.7. The molecule has 2 aliphatic rings. The molecule has 3 aromatic carbocycles. The first-order valence-electron chi connectivity index (χ1n) is 14.7. The van der Waals surface area contributed by atoms with Crippen LogP contribution in [0.25, 0.3) is 0 Å². The predicted molar refractivity (Wildman–Crippen MR) is 169 cm³/mol. The molecule has 42 heavy (non-hydrogen) atoms. The van der Waals surface area contributed by atoms with Crippen LogP contribution < -0.4 is 9.47 Å². The molecule has 0 saturated carbocycles. The molecule has 8 heteroatoms. The molecule has 1 fully saturated rings. The Morgan fingerprint density at radius 1 is 0.643 bits per heavy atom. The van der Waals surface area contributed by atoms with Gasteiger partial charge in [0.2, 0.25) is 0 Å². The number of rotatable bonds is 12. The maximum absolute atomic E-state index is 14.1. The summed E-state index contributed by atoms with van der Waals surface area (Å²) in [4.78, 5) is 30.1. The number of carbonyl (C=O) groups is 2. The van der Waals surface area contributed by atoms with Crippen LogP contribution in [-0.2, 0) is 22.7 Å². The second-order valence-electron chi connectivity index (χ2n) is 10.5. The highest BCUT2D eigenvalue weighted by Crippen LogP contribution is 2.61. The molecule has 0 aliphatic carbocycles. The summed E-state index contributed by atoms with van der Waals surface area (Å²) in [7, 11) is 0. The number of hydrazine groups is 1. The van der Waals surface area contributed by atoms with E-state index in [0.717, 1.165) is 69.2 Å². The number of hydrogen-bond donors (Lipinski definition) is 0. The fourth-order valence-electron chi connectivity index (χ4n) is 4.94. The Morgan fingerprint density at radius 3 is 1.43 bits per heavy atom. The lowest BCUT2D eigenvalue weighted by Gasteiger charge is -2.27. The van der Waals surface area contributed by atoms with E-state index >= 15 is 0 Å². The maximum Gasteiger partial charge on any atom is 0.280 e. The van der Waals surface area contributed by atoms with Crippen molar-refractivity contribution in [2.24, 2.45) is 0 Å². The average molecular weight is 603 g/mol. The molecule has 2 amide bonds. The third-order valence-electron chi connectivity index (χ3n) is 7.48. The van der Waals surface area contributed by atoms with Crippen LogP contribution in [-0.4, -0.2) is 35.0 Å². The smallest absolute Gasteiger partial charge is 0.280 e. The summed E-state index contributed by atoms with van der Waals surface area (Å²) in [6.45, 7) is 10.3. The predicted octanol–water partition coefficient (Wildman–Crippen LogP) is 8.06. The minimum Gasteiger partial charge on any atom is -0.492 e. The van der Waals surface area contributed by atoms with Gasteiger partial charge in [-0.05, 0) is 48.9 Å². The van der Waals surface area contributed by atoms with Crippen LogP contribution in [0, 0.1) is 13.8 Å². The standard InChI is InChI=1S/C34H38N2O4S2/c1-5-7-19-39-28-23(3)24(4)29(40-20-8-6-2)31-30(28)41-34(42-31)27-32(37)35(21-25-15-11-9-12-16-25)36(33(27)38)22-26-17-13-10-14-18-26/h9-18H,5-8,19-22H2,1-4H3. The van der Waals surface area contributed by atoms with E-state index in [2.05, 4.69) is 27.7 Å². The van der Waals surface area contributed by atoms with E-state index in [0.29, 0.717) is 30.5 Å². The van der Waals surface area contributed by atoms with Crippen molar-refractivity contribution < 1.29 is 19.1 Å². The zero-order valence-corrected chi connectivity index (χ0v) is 26.4. The maximum atomic E-state index is 14.1. The minimum absolute atomic E-state index is 0.211. The Balaban J connectivity index is 1.55. The van der Waals surface area contributed by atoms with E-state index < -0.39 is 0 Å². The van der Waals surface area contributed by atoms with Crippen molar-refractivity contribution in [3.05, 3.63) is 92.7 Å². The molecule has 0 bridgehead atoms. The Morgan fingerprint density at radius 2 is 1.05 bits per heavy atom. The lowest BCUT2D eigenvalue weighted by Crippen LogP contribution is -2.39. The number of ether oxygens (including phenoxy) is 2. The number of nitrogens with zero attached hydrogens (tertiary/aromatic N) is 2. The molecular weight excluding hydrogens is 565 g/mol. The monoisotopic (exact) mass is 602 g/mol. The van der Waals surface area contributed by atoms with E-state index in [1.54, 1.807) is 10.0 Å². The molecule has 3 aromatic rings. The van der Waals surface area contributed by atoms with E-state index in [1.807, 2.05) is 60.7 Å². The average Bonchev–Trinajstić information content (AvgIpc) is 3.52. The van der Waals surface area contributed by atoms with Gasteiger partial charge < -0.3 is 9.47 Å². The number of carbonyl (C=O) groups excluding carboxylic acids is 2. The van der Waals surface area contributed by atoms with Gasteiger partial charge in [-0.3, -0.25) is 9.59 Å². The molecule has 0 unspecified atom stereocenters. The highest BCUT2D eigenvalue weighted by Gasteiger charge is 2.45. The van der Waals surface area contributed by atoms with Crippen molar-refractivity contribution in [2.75, 3.05) is 13.2 Å². The summed E-state index contributed by atoms with van der Waals surface area (Å²) in [6, 6.07) is 19.6. The van der Waals surface area contributed by atoms with E-state index in [1.165, 1.54) is 23.5 Å². The van der Waals surface area contributed by atoms with Gasteiger partial charge in [-0.1, -0.05) is 111 Å². The van der Waals surface area contributed by atoms with Gasteiger partial charge in [0.15, 0.2) is 0 Å². The van der Waals surface area contributed by atoms with Gasteiger partial charge in [0.1, 0.15) is 17.1 Å². The second-order valence-corrected chi connectivity index (χ2v) is 12.8. The molecule has 0 radical (unpaired) electrons. The van der Waals surface area contributed by atoms with Crippen molar-refractivity contribution in [1.29, 1.82) is 0 Å². The van der Waals surface area contributed by atoms with Gasteiger partial charge in [0.25, 0.3) is 11.8 Å². The van der Waals surface area contributed by atoms with Crippen molar-refractivity contribution in [2.45, 2.75) is 76.3 Å². The van der Waals surface area contributed by atoms with Crippen molar-refractivity contribution in [3.8, 4) is 11.5 Å². The molecule has 1 saturated heterocycles. The van der Waals surface area contributed by atoms with Crippen molar-refractivity contribution in [1.82, 2.24) is 10.0 Å². The zero-order chi connectivity index (χ0) is 29.6. The summed E-state index contributed by atoms with van der Waals surface area (Å²) in [5.41, 5.74) is 4.21. The van der Waals surface area contributed by atoms with E-state index in [4.69, 9.17) is 9.47 Å². The molecule has 0 aromatic heterocycles. The lowest BCUT2D eigenvalue weighted by atomic mass is 10.1. The molecule has 220 valence electrons. The first kappa shape index (κ1) is 30.1. The summed E-state index contributed by atoms with van der Waals surface area (Å²) in [5.74, 6) is 1.09. The summed E-state index contributed by atoms with van der Waals surface area (Å²) >= 11 is 2.92. The fourth-order valence-corrected chi connectivity index (χ4v) is 7.76. The van der Waals surface area contributed by atoms with Crippen LogP contribution in [0.1, 0.15) is 61.8 Å². The van der Waals surface area contributed by atoms with Gasteiger partial charge in [-0.2, -0.15) is 0 Å².